The summed E-state index contributed by atoms with van der Waals surface area (Å²) in [6.45, 7) is 2.12. The van der Waals surface area contributed by atoms with E-state index in [4.69, 9.17) is 10.5 Å². The predicted molar refractivity (Wildman–Crippen MR) is 52.4 cm³/mol. The maximum atomic E-state index is 12.8. The Kier molecular flexibility index (Phi) is 2.65. The number of benzene rings is 1. The zero-order valence-electron chi connectivity index (χ0n) is 7.79. The first-order valence-corrected chi connectivity index (χ1v) is 4.63. The molecule has 0 aromatic heterocycles. The molecule has 1 aliphatic heterocycles. The van der Waals surface area contributed by atoms with Gasteiger partial charge in [-0.25, -0.2) is 4.39 Å². The van der Waals surface area contributed by atoms with E-state index >= 15 is 0 Å². The molecule has 1 unspecified atom stereocenters. The van der Waals surface area contributed by atoms with Crippen LogP contribution in [0.4, 0.5) is 10.1 Å². The largest absolute Gasteiger partial charge is 0.398 e. The van der Waals surface area contributed by atoms with E-state index in [2.05, 4.69) is 5.32 Å². The minimum Gasteiger partial charge on any atom is -0.398 e. The van der Waals surface area contributed by atoms with Crippen LogP contribution in [0.15, 0.2) is 18.2 Å². The molecule has 0 aliphatic carbocycles. The highest BCUT2D eigenvalue weighted by atomic mass is 19.1. The number of nitrogens with one attached hydrogen (secondary N) is 1. The summed E-state index contributed by atoms with van der Waals surface area (Å²) in [5.41, 5.74) is 7.10. The predicted octanol–water partition coefficient (Wildman–Crippen LogP) is 1.07. The van der Waals surface area contributed by atoms with E-state index in [9.17, 15) is 4.39 Å². The Morgan fingerprint density at radius 2 is 2.36 bits per heavy atom. The van der Waals surface area contributed by atoms with Crippen molar-refractivity contribution in [2.24, 2.45) is 0 Å². The van der Waals surface area contributed by atoms with E-state index in [1.807, 2.05) is 0 Å². The second-order valence-electron chi connectivity index (χ2n) is 3.35. The molecular formula is C10H13FN2O. The number of ether oxygens (including phenoxy) is 1. The number of hydrogen-bond acceptors (Lipinski definition) is 3. The summed E-state index contributed by atoms with van der Waals surface area (Å²) in [5.74, 6) is -0.303. The molecule has 76 valence electrons. The summed E-state index contributed by atoms with van der Waals surface area (Å²) >= 11 is 0. The van der Waals surface area contributed by atoms with Crippen LogP contribution in [0.5, 0.6) is 0 Å². The van der Waals surface area contributed by atoms with Crippen molar-refractivity contribution >= 4 is 5.69 Å². The lowest BCUT2D eigenvalue weighted by atomic mass is 10.0. The van der Waals surface area contributed by atoms with Gasteiger partial charge in [-0.15, -0.1) is 0 Å². The van der Waals surface area contributed by atoms with Gasteiger partial charge in [0.05, 0.1) is 19.3 Å². The first-order chi connectivity index (χ1) is 6.77. The normalized spacial score (nSPS) is 22.2. The molecule has 3 nitrogen and oxygen atoms in total. The summed E-state index contributed by atoms with van der Waals surface area (Å²) in [5, 5.41) is 3.27. The lowest BCUT2D eigenvalue weighted by Crippen LogP contribution is -2.34. The van der Waals surface area contributed by atoms with Crippen LogP contribution >= 0.6 is 0 Å². The minimum atomic E-state index is -0.303. The van der Waals surface area contributed by atoms with Gasteiger partial charge in [0.15, 0.2) is 0 Å². The van der Waals surface area contributed by atoms with E-state index in [1.54, 1.807) is 6.07 Å². The number of rotatable bonds is 1. The van der Waals surface area contributed by atoms with Crippen molar-refractivity contribution in [1.82, 2.24) is 5.32 Å². The smallest absolute Gasteiger partial charge is 0.125 e. The van der Waals surface area contributed by atoms with Crippen molar-refractivity contribution in [1.29, 1.82) is 0 Å². The molecule has 1 aromatic carbocycles. The van der Waals surface area contributed by atoms with Gasteiger partial charge in [-0.2, -0.15) is 0 Å². The van der Waals surface area contributed by atoms with Crippen LogP contribution in [0.2, 0.25) is 0 Å². The van der Waals surface area contributed by atoms with Crippen molar-refractivity contribution in [2.75, 3.05) is 25.5 Å². The van der Waals surface area contributed by atoms with Crippen LogP contribution < -0.4 is 11.1 Å². The first kappa shape index (κ1) is 9.43. The monoisotopic (exact) mass is 196 g/mol. The molecule has 0 saturated carbocycles. The lowest BCUT2D eigenvalue weighted by Gasteiger charge is -2.25. The van der Waals surface area contributed by atoms with Gasteiger partial charge in [0, 0.05) is 12.2 Å². The molecule has 4 heteroatoms. The van der Waals surface area contributed by atoms with E-state index in [0.717, 1.165) is 18.7 Å². The molecule has 3 N–H and O–H groups in total. The summed E-state index contributed by atoms with van der Waals surface area (Å²) in [4.78, 5) is 0. The Bertz CT molecular complexity index is 324. The fourth-order valence-corrected chi connectivity index (χ4v) is 1.63. The Morgan fingerprint density at radius 1 is 1.50 bits per heavy atom. The van der Waals surface area contributed by atoms with Crippen molar-refractivity contribution in [3.8, 4) is 0 Å². The Labute approximate surface area is 82.1 Å². The number of hydrogen-bond donors (Lipinski definition) is 2. The average molecular weight is 196 g/mol. The van der Waals surface area contributed by atoms with Gasteiger partial charge >= 0.3 is 0 Å². The molecular weight excluding hydrogens is 183 g/mol. The van der Waals surface area contributed by atoms with E-state index < -0.39 is 0 Å². The van der Waals surface area contributed by atoms with Crippen LogP contribution in [0.25, 0.3) is 0 Å². The molecule has 0 spiro atoms. The number of morpholine rings is 1. The third kappa shape index (κ3) is 1.86. The fourth-order valence-electron chi connectivity index (χ4n) is 1.63. The van der Waals surface area contributed by atoms with Gasteiger partial charge in [0.1, 0.15) is 5.82 Å². The third-order valence-corrected chi connectivity index (χ3v) is 2.35. The molecule has 1 saturated heterocycles. The second kappa shape index (κ2) is 3.94. The highest BCUT2D eigenvalue weighted by Gasteiger charge is 2.17. The molecule has 0 amide bonds. The summed E-state index contributed by atoms with van der Waals surface area (Å²) in [6.07, 6.45) is 0. The van der Waals surface area contributed by atoms with Gasteiger partial charge < -0.3 is 15.8 Å². The summed E-state index contributed by atoms with van der Waals surface area (Å²) in [6, 6.07) is 4.55. The van der Waals surface area contributed by atoms with Crippen LogP contribution in [-0.4, -0.2) is 19.8 Å². The topological polar surface area (TPSA) is 47.3 Å². The van der Waals surface area contributed by atoms with Crippen molar-refractivity contribution < 1.29 is 9.13 Å². The molecule has 1 atom stereocenters. The number of anilines is 1. The highest BCUT2D eigenvalue weighted by Crippen LogP contribution is 2.22. The zero-order chi connectivity index (χ0) is 9.97. The number of nitrogen functional groups attached to an aromatic ring is 1. The summed E-state index contributed by atoms with van der Waals surface area (Å²) in [7, 11) is 0. The van der Waals surface area contributed by atoms with Gasteiger partial charge in [0.25, 0.3) is 0 Å². The van der Waals surface area contributed by atoms with Crippen LogP contribution in [-0.2, 0) is 4.74 Å². The number of nitrogens with two attached hydrogens (primary N) is 1. The maximum Gasteiger partial charge on any atom is 0.125 e. The standard InChI is InChI=1S/C10H13FN2O/c11-7-1-2-8(9(12)5-7)10-6-14-4-3-13-10/h1-2,5,10,13H,3-4,6,12H2. The second-order valence-corrected chi connectivity index (χ2v) is 3.35. The SMILES string of the molecule is Nc1cc(F)ccc1C1COCCN1. The molecule has 1 aliphatic rings. The van der Waals surface area contributed by atoms with Crippen molar-refractivity contribution in [3.63, 3.8) is 0 Å². The molecule has 0 radical (unpaired) electrons. The van der Waals surface area contributed by atoms with E-state index in [0.29, 0.717) is 12.3 Å². The molecule has 1 heterocycles. The summed E-state index contributed by atoms with van der Waals surface area (Å²) < 4.78 is 18.1. The minimum absolute atomic E-state index is 0.0874. The first-order valence-electron chi connectivity index (χ1n) is 4.63. The highest BCUT2D eigenvalue weighted by molar-refractivity contribution is 5.48. The molecule has 2 rings (SSSR count). The third-order valence-electron chi connectivity index (χ3n) is 2.35. The van der Waals surface area contributed by atoms with Crippen LogP contribution in [0.1, 0.15) is 11.6 Å². The van der Waals surface area contributed by atoms with Gasteiger partial charge in [-0.3, -0.25) is 0 Å². The van der Waals surface area contributed by atoms with Crippen LogP contribution in [0, 0.1) is 5.82 Å². The van der Waals surface area contributed by atoms with Gasteiger partial charge in [-0.05, 0) is 17.7 Å². The van der Waals surface area contributed by atoms with E-state index in [-0.39, 0.29) is 11.9 Å². The maximum absolute atomic E-state index is 12.8. The molecule has 1 aromatic rings. The van der Waals surface area contributed by atoms with Gasteiger partial charge in [0.2, 0.25) is 0 Å². The molecule has 1 fully saturated rings. The fraction of sp³-hybridized carbons (Fsp3) is 0.400. The van der Waals surface area contributed by atoms with Crippen LogP contribution in [0.3, 0.4) is 0 Å². The van der Waals surface area contributed by atoms with Gasteiger partial charge in [-0.1, -0.05) is 6.07 Å². The average Bonchev–Trinajstić information content (AvgIpc) is 2.19. The number of halogens is 1. The Morgan fingerprint density at radius 3 is 3.00 bits per heavy atom. The van der Waals surface area contributed by atoms with Crippen molar-refractivity contribution in [2.45, 2.75) is 6.04 Å². The Balaban J connectivity index is 2.22. The molecule has 14 heavy (non-hydrogen) atoms. The zero-order valence-corrected chi connectivity index (χ0v) is 7.79. The van der Waals surface area contributed by atoms with Crippen molar-refractivity contribution in [3.05, 3.63) is 29.6 Å². The Hall–Kier alpha value is -1.13. The lowest BCUT2D eigenvalue weighted by molar-refractivity contribution is 0.0770. The van der Waals surface area contributed by atoms with E-state index in [1.165, 1.54) is 12.1 Å². The quantitative estimate of drug-likeness (QED) is 0.660. The molecule has 0 bridgehead atoms.